The summed E-state index contributed by atoms with van der Waals surface area (Å²) < 4.78 is 49.0. The van der Waals surface area contributed by atoms with Gasteiger partial charge in [-0.15, -0.1) is 0 Å². The van der Waals surface area contributed by atoms with Crippen LogP contribution in [0.4, 0.5) is 30.8 Å². The van der Waals surface area contributed by atoms with Crippen LogP contribution in [0.5, 0.6) is 6.01 Å². The van der Waals surface area contributed by atoms with Crippen molar-refractivity contribution < 1.29 is 32.2 Å². The summed E-state index contributed by atoms with van der Waals surface area (Å²) >= 11 is 6.03. The summed E-state index contributed by atoms with van der Waals surface area (Å²) in [6.07, 6.45) is -3.09. The summed E-state index contributed by atoms with van der Waals surface area (Å²) in [6.45, 7) is 8.98. The predicted molar refractivity (Wildman–Crippen MR) is 174 cm³/mol. The van der Waals surface area contributed by atoms with Crippen molar-refractivity contribution in [3.63, 3.8) is 0 Å². The highest BCUT2D eigenvalue weighted by atomic mass is 35.5. The van der Waals surface area contributed by atoms with Gasteiger partial charge in [-0.2, -0.15) is 28.1 Å². The third kappa shape index (κ3) is 8.54. The number of anilines is 3. The minimum absolute atomic E-state index is 0.0298. The Hall–Kier alpha value is -4.85. The molecule has 2 aromatic carbocycles. The van der Waals surface area contributed by atoms with E-state index in [1.807, 2.05) is 32.9 Å². The molecule has 4 N–H and O–H groups in total. The highest BCUT2D eigenvalue weighted by Crippen LogP contribution is 2.48. The second-order valence-electron chi connectivity index (χ2n) is 12.2. The molecule has 1 heterocycles. The van der Waals surface area contributed by atoms with Crippen LogP contribution in [0.25, 0.3) is 0 Å². The Balaban J connectivity index is 1.22. The first kappa shape index (κ1) is 34.5. The van der Waals surface area contributed by atoms with Gasteiger partial charge in [0, 0.05) is 29.4 Å². The second kappa shape index (κ2) is 13.7. The monoisotopic (exact) mass is 685 g/mol. The van der Waals surface area contributed by atoms with Gasteiger partial charge in [0.2, 0.25) is 17.7 Å². The third-order valence-electron chi connectivity index (χ3n) is 7.64. The van der Waals surface area contributed by atoms with Crippen molar-refractivity contribution >= 4 is 40.9 Å². The molecule has 0 unspecified atom stereocenters. The Morgan fingerprint density at radius 3 is 2.27 bits per heavy atom. The summed E-state index contributed by atoms with van der Waals surface area (Å²) in [5.41, 5.74) is 1.59. The standard InChI is InChI=1S/C33H35ClF3N7O4/c1-5-47-26-19(2)25(45)24(26)38-16-31(3,4)17-39-27(46)20-6-12-23(13-7-20)40-28-41-29(43-30(42-28)48-18-33(35,36)37)44-32(14-15-32)21-8-10-22(34)11-9-21/h6-13,38H,2,5,14-18H2,1,3-4H3,(H,39,46)(H2,40,41,42,43,44). The number of amides is 1. The number of Topliss-reactive ketones (excluding diaryl/α,β-unsaturated/α-hetero) is 1. The van der Waals surface area contributed by atoms with Crippen molar-refractivity contribution in [3.8, 4) is 6.01 Å². The number of nitrogens with one attached hydrogen (secondary N) is 4. The van der Waals surface area contributed by atoms with E-state index < -0.39 is 29.7 Å². The summed E-state index contributed by atoms with van der Waals surface area (Å²) in [6, 6.07) is 13.1. The zero-order chi connectivity index (χ0) is 34.7. The summed E-state index contributed by atoms with van der Waals surface area (Å²) in [7, 11) is 0. The molecule has 1 amide bonds. The molecular formula is C33H35ClF3N7O4. The number of aromatic nitrogens is 3. The first-order chi connectivity index (χ1) is 22.7. The minimum atomic E-state index is -4.59. The average molecular weight is 686 g/mol. The maximum Gasteiger partial charge on any atom is 0.422 e. The van der Waals surface area contributed by atoms with Gasteiger partial charge < -0.3 is 30.7 Å². The molecular weight excluding hydrogens is 651 g/mol. The van der Waals surface area contributed by atoms with Crippen LogP contribution in [0, 0.1) is 5.41 Å². The highest BCUT2D eigenvalue weighted by Gasteiger charge is 2.45. The number of nitrogens with zero attached hydrogens (tertiary/aromatic N) is 3. The number of alkyl halides is 3. The number of ketones is 1. The second-order valence-corrected chi connectivity index (χ2v) is 12.7. The lowest BCUT2D eigenvalue weighted by Crippen LogP contribution is -2.43. The van der Waals surface area contributed by atoms with E-state index in [1.165, 1.54) is 0 Å². The van der Waals surface area contributed by atoms with Crippen molar-refractivity contribution in [3.05, 3.63) is 88.3 Å². The van der Waals surface area contributed by atoms with Crippen molar-refractivity contribution in [1.82, 2.24) is 25.6 Å². The first-order valence-electron chi connectivity index (χ1n) is 15.2. The normalized spacial score (nSPS) is 15.4. The van der Waals surface area contributed by atoms with Crippen LogP contribution in [-0.4, -0.2) is 59.1 Å². The quantitative estimate of drug-likeness (QED) is 0.140. The van der Waals surface area contributed by atoms with Crippen molar-refractivity contribution in [2.24, 2.45) is 5.41 Å². The van der Waals surface area contributed by atoms with Gasteiger partial charge in [-0.25, -0.2) is 0 Å². The number of carbonyl (C=O) groups excluding carboxylic acids is 2. The topological polar surface area (TPSA) is 139 Å². The Labute approximate surface area is 280 Å². The Morgan fingerprint density at radius 2 is 1.65 bits per heavy atom. The van der Waals surface area contributed by atoms with Crippen molar-refractivity contribution in [1.29, 1.82) is 0 Å². The number of allylic oxidation sites excluding steroid dienone is 2. The van der Waals surface area contributed by atoms with E-state index in [9.17, 15) is 22.8 Å². The van der Waals surface area contributed by atoms with E-state index in [0.717, 1.165) is 18.4 Å². The molecule has 0 saturated heterocycles. The summed E-state index contributed by atoms with van der Waals surface area (Å²) in [4.78, 5) is 37.5. The molecule has 15 heteroatoms. The van der Waals surface area contributed by atoms with E-state index in [2.05, 4.69) is 42.8 Å². The molecule has 0 atom stereocenters. The number of benzene rings is 2. The van der Waals surface area contributed by atoms with Crippen LogP contribution >= 0.6 is 11.6 Å². The predicted octanol–water partition coefficient (Wildman–Crippen LogP) is 6.04. The van der Waals surface area contributed by atoms with Gasteiger partial charge in [-0.1, -0.05) is 44.2 Å². The van der Waals surface area contributed by atoms with E-state index in [-0.39, 0.29) is 23.6 Å². The SMILES string of the molecule is C=C1C(=O)C(NCC(C)(C)CNC(=O)c2ccc(Nc3nc(NC4(c5ccc(Cl)cc5)CC4)nc(OCC(F)(F)F)n3)cc2)=C1OCC. The van der Waals surface area contributed by atoms with E-state index in [0.29, 0.717) is 53.0 Å². The summed E-state index contributed by atoms with van der Waals surface area (Å²) in [5.74, 6) is -0.0632. The van der Waals surface area contributed by atoms with Gasteiger partial charge in [0.05, 0.1) is 17.7 Å². The highest BCUT2D eigenvalue weighted by molar-refractivity contribution is 6.30. The van der Waals surface area contributed by atoms with E-state index in [4.69, 9.17) is 21.1 Å². The van der Waals surface area contributed by atoms with Gasteiger partial charge >= 0.3 is 12.2 Å². The molecule has 2 aliphatic carbocycles. The smallest absolute Gasteiger partial charge is 0.422 e. The maximum atomic E-state index is 12.9. The van der Waals surface area contributed by atoms with Gasteiger partial charge in [0.15, 0.2) is 12.4 Å². The number of hydrogen-bond acceptors (Lipinski definition) is 10. The number of ether oxygens (including phenoxy) is 2. The fraction of sp³-hybridized carbons (Fsp3) is 0.364. The fourth-order valence-corrected chi connectivity index (χ4v) is 4.95. The van der Waals surface area contributed by atoms with Crippen LogP contribution in [0.3, 0.4) is 0 Å². The largest absolute Gasteiger partial charge is 0.491 e. The van der Waals surface area contributed by atoms with E-state index in [1.54, 1.807) is 36.4 Å². The molecule has 5 rings (SSSR count). The molecule has 2 aliphatic rings. The van der Waals surface area contributed by atoms with Gasteiger partial charge in [-0.3, -0.25) is 9.59 Å². The zero-order valence-electron chi connectivity index (χ0n) is 26.6. The van der Waals surface area contributed by atoms with E-state index >= 15 is 0 Å². The molecule has 254 valence electrons. The van der Waals surface area contributed by atoms with Crippen molar-refractivity contribution in [2.45, 2.75) is 45.3 Å². The lowest BCUT2D eigenvalue weighted by atomic mass is 9.90. The third-order valence-corrected chi connectivity index (χ3v) is 7.90. The van der Waals surface area contributed by atoms with Gasteiger partial charge in [0.1, 0.15) is 5.70 Å². The van der Waals surface area contributed by atoms with Crippen LogP contribution in [-0.2, 0) is 15.1 Å². The molecule has 48 heavy (non-hydrogen) atoms. The molecule has 1 saturated carbocycles. The lowest BCUT2D eigenvalue weighted by molar-refractivity contribution is -0.154. The van der Waals surface area contributed by atoms with Crippen LogP contribution in [0.2, 0.25) is 5.02 Å². The Bertz CT molecular complexity index is 1720. The van der Waals surface area contributed by atoms with Gasteiger partial charge in [-0.05, 0) is 67.1 Å². The molecule has 0 aliphatic heterocycles. The number of carbonyl (C=O) groups is 2. The lowest BCUT2D eigenvalue weighted by Gasteiger charge is -2.30. The maximum absolute atomic E-state index is 12.9. The Kier molecular flexibility index (Phi) is 9.85. The van der Waals surface area contributed by atoms with Crippen LogP contribution in [0.15, 0.2) is 72.1 Å². The zero-order valence-corrected chi connectivity index (χ0v) is 27.3. The average Bonchev–Trinajstić information content (AvgIpc) is 3.82. The molecule has 1 aromatic heterocycles. The molecule has 0 bridgehead atoms. The molecule has 11 nitrogen and oxygen atoms in total. The molecule has 0 radical (unpaired) electrons. The van der Waals surface area contributed by atoms with Crippen LogP contribution < -0.4 is 26.0 Å². The first-order valence-corrected chi connectivity index (χ1v) is 15.5. The number of halogens is 4. The van der Waals surface area contributed by atoms with Crippen LogP contribution in [0.1, 0.15) is 49.5 Å². The summed E-state index contributed by atoms with van der Waals surface area (Å²) in [5, 5.41) is 12.8. The van der Waals surface area contributed by atoms with Gasteiger partial charge in [0.25, 0.3) is 5.91 Å². The Morgan fingerprint density at radius 1 is 0.979 bits per heavy atom. The van der Waals surface area contributed by atoms with Crippen molar-refractivity contribution in [2.75, 3.05) is 36.9 Å². The number of rotatable bonds is 15. The molecule has 1 fully saturated rings. The minimum Gasteiger partial charge on any atom is -0.491 e. The number of hydrogen-bond donors (Lipinski definition) is 4. The molecule has 3 aromatic rings. The molecule has 0 spiro atoms. The fourth-order valence-electron chi connectivity index (χ4n) is 4.83.